The predicted octanol–water partition coefficient (Wildman–Crippen LogP) is 1.30. The summed E-state index contributed by atoms with van der Waals surface area (Å²) >= 11 is 0. The van der Waals surface area contributed by atoms with Crippen molar-refractivity contribution in [3.05, 3.63) is 12.2 Å². The van der Waals surface area contributed by atoms with E-state index in [9.17, 15) is 0 Å². The number of rotatable bonds is 0. The first-order valence-electron chi connectivity index (χ1n) is 1.65. The molecule has 0 nitrogen and oxygen atoms in total. The highest BCUT2D eigenvalue weighted by Gasteiger charge is 1.73. The Morgan fingerprint density at radius 1 is 1.60 bits per heavy atom. The normalized spacial score (nSPS) is 20.8. The van der Waals surface area contributed by atoms with Gasteiger partial charge in [0.2, 0.25) is 0 Å². The van der Waals surface area contributed by atoms with Gasteiger partial charge in [-0.3, -0.25) is 0 Å². The van der Waals surface area contributed by atoms with Gasteiger partial charge in [-0.05, 0) is 5.80 Å². The Labute approximate surface area is 33.3 Å². The molecule has 26 valence electrons. The van der Waals surface area contributed by atoms with Gasteiger partial charge in [0.15, 0.2) is 0 Å². The molecule has 1 rings (SSSR count). The van der Waals surface area contributed by atoms with Gasteiger partial charge in [0.1, 0.15) is 0 Å². The van der Waals surface area contributed by atoms with Gasteiger partial charge >= 0.3 is 0 Å². The maximum atomic E-state index is 2.17. The molecule has 0 saturated carbocycles. The van der Waals surface area contributed by atoms with Crippen LogP contribution in [-0.4, -0.2) is 12.0 Å². The number of hydrogen-bond acceptors (Lipinski definition) is 0. The van der Waals surface area contributed by atoms with Crippen LogP contribution >= 0.6 is 8.20 Å². The molecule has 0 N–H and O–H groups in total. The summed E-state index contributed by atoms with van der Waals surface area (Å²) in [6, 6.07) is 0. The molecular weight excluding hydrogens is 79.0 g/mol. The van der Waals surface area contributed by atoms with Gasteiger partial charge < -0.3 is 0 Å². The van der Waals surface area contributed by atoms with Gasteiger partial charge in [-0.15, -0.1) is 8.20 Å². The molecule has 0 atom stereocenters. The van der Waals surface area contributed by atoms with Crippen LogP contribution in [0.1, 0.15) is 0 Å². The summed E-state index contributed by atoms with van der Waals surface area (Å²) in [6.45, 7) is 0. The topological polar surface area (TPSA) is 0 Å². The molecule has 0 saturated heterocycles. The highest BCUT2D eigenvalue weighted by atomic mass is 31.1. The first-order chi connectivity index (χ1) is 2.50. The minimum Gasteiger partial charge on any atom is -0.100 e. The van der Waals surface area contributed by atoms with Gasteiger partial charge in [-0.25, -0.2) is 0 Å². The van der Waals surface area contributed by atoms with Crippen molar-refractivity contribution in [1.29, 1.82) is 0 Å². The molecule has 0 aromatic rings. The van der Waals surface area contributed by atoms with E-state index >= 15 is 0 Å². The number of hydrogen-bond donors (Lipinski definition) is 0. The van der Waals surface area contributed by atoms with Crippen LogP contribution < -0.4 is 0 Å². The van der Waals surface area contributed by atoms with Crippen molar-refractivity contribution >= 4 is 14.0 Å². The molecule has 1 aliphatic heterocycles. The van der Waals surface area contributed by atoms with Crippen molar-refractivity contribution in [2.45, 2.75) is 0 Å². The van der Waals surface area contributed by atoms with Crippen LogP contribution in [0.25, 0.3) is 0 Å². The van der Waals surface area contributed by atoms with Gasteiger partial charge in [0.25, 0.3) is 0 Å². The van der Waals surface area contributed by atoms with Crippen LogP contribution in [0.2, 0.25) is 0 Å². The van der Waals surface area contributed by atoms with Crippen LogP contribution in [0.5, 0.6) is 0 Å². The van der Waals surface area contributed by atoms with E-state index < -0.39 is 0 Å². The summed E-state index contributed by atoms with van der Waals surface area (Å²) in [5.41, 5.74) is 0. The molecule has 0 spiro atoms. The standard InChI is InChI=1S/C4H5P/c1-2-4-5-3-1/h1-3H,4H2. The van der Waals surface area contributed by atoms with Gasteiger partial charge in [0.05, 0.1) is 0 Å². The third-order valence-electron chi connectivity index (χ3n) is 0.538. The first kappa shape index (κ1) is 3.11. The molecule has 0 aromatic heterocycles. The molecule has 0 radical (unpaired) electrons. The lowest BCUT2D eigenvalue weighted by molar-refractivity contribution is 1.83. The Morgan fingerprint density at radius 3 is 2.80 bits per heavy atom. The molecule has 0 aliphatic carbocycles. The molecule has 0 aromatic carbocycles. The summed E-state index contributed by atoms with van der Waals surface area (Å²) < 4.78 is 0. The quantitative estimate of drug-likeness (QED) is 0.388. The van der Waals surface area contributed by atoms with Crippen molar-refractivity contribution < 1.29 is 0 Å². The fourth-order valence-corrected chi connectivity index (χ4v) is 0.913. The average molecular weight is 84.1 g/mol. The van der Waals surface area contributed by atoms with Crippen molar-refractivity contribution in [2.75, 3.05) is 6.16 Å². The zero-order chi connectivity index (χ0) is 3.54. The Kier molecular flexibility index (Phi) is 0.855. The van der Waals surface area contributed by atoms with E-state index in [0.717, 1.165) is 0 Å². The molecule has 0 bridgehead atoms. The van der Waals surface area contributed by atoms with Crippen molar-refractivity contribution in [1.82, 2.24) is 0 Å². The van der Waals surface area contributed by atoms with E-state index in [1.165, 1.54) is 14.4 Å². The molecule has 1 heterocycles. The number of allylic oxidation sites excluding steroid dienone is 2. The Morgan fingerprint density at radius 2 is 2.60 bits per heavy atom. The zero-order valence-corrected chi connectivity index (χ0v) is 3.78. The monoisotopic (exact) mass is 84.0 g/mol. The van der Waals surface area contributed by atoms with E-state index in [2.05, 4.69) is 17.9 Å². The molecular formula is C4H5P. The van der Waals surface area contributed by atoms with Gasteiger partial charge in [-0.2, -0.15) is 0 Å². The second-order valence-corrected chi connectivity index (χ2v) is 1.97. The third-order valence-corrected chi connectivity index (χ3v) is 1.34. The fourth-order valence-electron chi connectivity index (χ4n) is 0.304. The largest absolute Gasteiger partial charge is 0.100 e. The summed E-state index contributed by atoms with van der Waals surface area (Å²) in [4.78, 5) is 0. The lowest BCUT2D eigenvalue weighted by Gasteiger charge is -1.56. The van der Waals surface area contributed by atoms with Crippen LogP contribution in [0, 0.1) is 0 Å². The summed E-state index contributed by atoms with van der Waals surface area (Å²) in [5, 5.41) is 0. The Hall–Kier alpha value is -0.0900. The van der Waals surface area contributed by atoms with E-state index in [4.69, 9.17) is 0 Å². The second-order valence-electron chi connectivity index (χ2n) is 0.942. The average Bonchev–Trinajstić information content (AvgIpc) is 1.76. The third kappa shape index (κ3) is 0.592. The van der Waals surface area contributed by atoms with Crippen LogP contribution in [-0.2, 0) is 0 Å². The lowest BCUT2D eigenvalue weighted by Crippen LogP contribution is -1.43. The maximum absolute atomic E-state index is 2.17. The zero-order valence-electron chi connectivity index (χ0n) is 2.89. The minimum absolute atomic E-state index is 1.24. The van der Waals surface area contributed by atoms with Crippen molar-refractivity contribution in [2.24, 2.45) is 0 Å². The molecule has 1 heteroatoms. The van der Waals surface area contributed by atoms with Crippen molar-refractivity contribution in [3.63, 3.8) is 0 Å². The maximum Gasteiger partial charge on any atom is 0.00772 e. The molecule has 1 aliphatic rings. The summed E-state index contributed by atoms with van der Waals surface area (Å²) in [6.07, 6.45) is 5.50. The SMILES string of the molecule is C1=CCP=C1. The van der Waals surface area contributed by atoms with Gasteiger partial charge in [0, 0.05) is 6.16 Å². The lowest BCUT2D eigenvalue weighted by atomic mass is 10.6. The van der Waals surface area contributed by atoms with E-state index in [1.807, 2.05) is 0 Å². The second kappa shape index (κ2) is 1.37. The Bertz CT molecular complexity index is 61.7. The molecule has 0 amide bonds. The van der Waals surface area contributed by atoms with Crippen LogP contribution in [0.3, 0.4) is 0 Å². The van der Waals surface area contributed by atoms with E-state index in [-0.39, 0.29) is 0 Å². The Balaban J connectivity index is 2.61. The first-order valence-corrected chi connectivity index (χ1v) is 2.80. The van der Waals surface area contributed by atoms with Gasteiger partial charge in [-0.1, -0.05) is 12.2 Å². The van der Waals surface area contributed by atoms with Crippen LogP contribution in [0.15, 0.2) is 12.2 Å². The predicted molar refractivity (Wildman–Crippen MR) is 27.0 cm³/mol. The highest BCUT2D eigenvalue weighted by molar-refractivity contribution is 7.39. The molecule has 0 fully saturated rings. The summed E-state index contributed by atoms with van der Waals surface area (Å²) in [5.74, 6) is 2.15. The fraction of sp³-hybridized carbons (Fsp3) is 0.250. The highest BCUT2D eigenvalue weighted by Crippen LogP contribution is 1.99. The molecule has 0 unspecified atom stereocenters. The van der Waals surface area contributed by atoms with E-state index in [0.29, 0.717) is 0 Å². The van der Waals surface area contributed by atoms with Crippen LogP contribution in [0.4, 0.5) is 0 Å². The molecule has 5 heavy (non-hydrogen) atoms. The van der Waals surface area contributed by atoms with Crippen molar-refractivity contribution in [3.8, 4) is 0 Å². The minimum atomic E-state index is 1.24. The summed E-state index contributed by atoms with van der Waals surface area (Å²) in [7, 11) is 1.46. The van der Waals surface area contributed by atoms with E-state index in [1.54, 1.807) is 0 Å². The smallest absolute Gasteiger partial charge is 0.00772 e.